The number of anilines is 1. The third-order valence-corrected chi connectivity index (χ3v) is 5.30. The number of carbonyl (C=O) groups excluding carboxylic acids is 3. The lowest BCUT2D eigenvalue weighted by atomic mass is 9.95. The summed E-state index contributed by atoms with van der Waals surface area (Å²) in [5.74, 6) is 0.127. The molecule has 0 spiro atoms. The number of phenols is 1. The van der Waals surface area contributed by atoms with Crippen LogP contribution in [0.5, 0.6) is 17.2 Å². The first-order valence-corrected chi connectivity index (χ1v) is 10.1. The number of phenolic OH excluding ortho intramolecular Hbond substituents is 1. The van der Waals surface area contributed by atoms with Gasteiger partial charge in [0.1, 0.15) is 5.75 Å². The maximum Gasteiger partial charge on any atom is 0.260 e. The number of benzene rings is 2. The Morgan fingerprint density at radius 2 is 1.81 bits per heavy atom. The molecule has 1 fully saturated rings. The molecule has 2 N–H and O–H groups in total. The van der Waals surface area contributed by atoms with Crippen molar-refractivity contribution in [3.05, 3.63) is 48.0 Å². The fourth-order valence-electron chi connectivity index (χ4n) is 3.44. The second-order valence-corrected chi connectivity index (χ2v) is 7.37. The van der Waals surface area contributed by atoms with Crippen LogP contribution in [0.15, 0.2) is 42.5 Å². The summed E-state index contributed by atoms with van der Waals surface area (Å²) < 4.78 is 10.9. The van der Waals surface area contributed by atoms with Gasteiger partial charge in [-0.25, -0.2) is 0 Å². The zero-order valence-corrected chi connectivity index (χ0v) is 17.6. The summed E-state index contributed by atoms with van der Waals surface area (Å²) in [6, 6.07) is 11.4. The quantitative estimate of drug-likeness (QED) is 0.521. The van der Waals surface area contributed by atoms with E-state index in [-0.39, 0.29) is 35.9 Å². The van der Waals surface area contributed by atoms with Crippen LogP contribution in [0.2, 0.25) is 0 Å². The Kier molecular flexibility index (Phi) is 7.12. The third-order valence-electron chi connectivity index (χ3n) is 5.30. The molecule has 0 atom stereocenters. The largest absolute Gasteiger partial charge is 0.506 e. The predicted octanol–water partition coefficient (Wildman–Crippen LogP) is 2.86. The van der Waals surface area contributed by atoms with Crippen LogP contribution in [0.25, 0.3) is 0 Å². The van der Waals surface area contributed by atoms with Crippen LogP contribution in [-0.4, -0.2) is 54.4 Å². The Morgan fingerprint density at radius 1 is 1.10 bits per heavy atom. The van der Waals surface area contributed by atoms with Gasteiger partial charge in [0, 0.05) is 24.6 Å². The van der Waals surface area contributed by atoms with Gasteiger partial charge in [-0.05, 0) is 50.1 Å². The van der Waals surface area contributed by atoms with Gasteiger partial charge in [0.05, 0.1) is 12.8 Å². The van der Waals surface area contributed by atoms with Crippen LogP contribution in [0.1, 0.15) is 30.1 Å². The minimum atomic E-state index is -0.233. The molecule has 164 valence electrons. The highest BCUT2D eigenvalue weighted by Crippen LogP contribution is 2.29. The summed E-state index contributed by atoms with van der Waals surface area (Å²) in [6.07, 6.45) is 1.06. The summed E-state index contributed by atoms with van der Waals surface area (Å²) in [6.45, 7) is 2.19. The molecule has 31 heavy (non-hydrogen) atoms. The standard InChI is InChI=1S/C23H26N2O6/c1-15(26)17-7-8-20(21(13-17)30-2)31-14-22(28)25-11-9-16(10-12-25)23(29)24-18-5-3-4-6-19(18)27/h3-8,13,16,27H,9-12,14H2,1-2H3,(H,24,29). The van der Waals surface area contributed by atoms with E-state index in [1.165, 1.54) is 20.1 Å². The van der Waals surface area contributed by atoms with Crippen LogP contribution in [0.4, 0.5) is 5.69 Å². The zero-order chi connectivity index (χ0) is 22.4. The Hall–Kier alpha value is -3.55. The number of nitrogens with one attached hydrogen (secondary N) is 1. The summed E-state index contributed by atoms with van der Waals surface area (Å²) in [4.78, 5) is 38.2. The minimum absolute atomic E-state index is 0.0207. The molecular weight excluding hydrogens is 400 g/mol. The number of nitrogens with zero attached hydrogens (tertiary/aromatic N) is 1. The Balaban J connectivity index is 1.50. The minimum Gasteiger partial charge on any atom is -0.506 e. The van der Waals surface area contributed by atoms with Gasteiger partial charge < -0.3 is 24.8 Å². The molecule has 0 unspecified atom stereocenters. The van der Waals surface area contributed by atoms with Crippen molar-refractivity contribution in [2.45, 2.75) is 19.8 Å². The molecule has 0 bridgehead atoms. The number of carbonyl (C=O) groups is 3. The van der Waals surface area contributed by atoms with Crippen molar-refractivity contribution in [2.24, 2.45) is 5.92 Å². The summed E-state index contributed by atoms with van der Waals surface area (Å²) in [7, 11) is 1.47. The Labute approximate surface area is 180 Å². The highest BCUT2D eigenvalue weighted by atomic mass is 16.5. The molecule has 0 aliphatic carbocycles. The molecule has 8 nitrogen and oxygen atoms in total. The average Bonchev–Trinajstić information content (AvgIpc) is 2.78. The second kappa shape index (κ2) is 9.97. The fourth-order valence-corrected chi connectivity index (χ4v) is 3.44. The third kappa shape index (κ3) is 5.53. The van der Waals surface area contributed by atoms with E-state index in [2.05, 4.69) is 5.32 Å². The lowest BCUT2D eigenvalue weighted by molar-refractivity contribution is -0.136. The average molecular weight is 426 g/mol. The van der Waals surface area contributed by atoms with Crippen molar-refractivity contribution in [1.29, 1.82) is 0 Å². The number of hydrogen-bond donors (Lipinski definition) is 2. The van der Waals surface area contributed by atoms with Crippen LogP contribution in [-0.2, 0) is 9.59 Å². The highest BCUT2D eigenvalue weighted by molar-refractivity contribution is 5.95. The van der Waals surface area contributed by atoms with Crippen LogP contribution in [0.3, 0.4) is 0 Å². The number of Topliss-reactive ketones (excluding diaryl/α,β-unsaturated/α-hetero) is 1. The molecule has 0 aromatic heterocycles. The number of methoxy groups -OCH3 is 1. The first-order chi connectivity index (χ1) is 14.9. The lowest BCUT2D eigenvalue weighted by Gasteiger charge is -2.31. The molecule has 8 heteroatoms. The molecule has 1 aliphatic rings. The number of amides is 2. The van der Waals surface area contributed by atoms with Crippen molar-refractivity contribution in [3.8, 4) is 17.2 Å². The SMILES string of the molecule is COc1cc(C(C)=O)ccc1OCC(=O)N1CCC(C(=O)Nc2ccccc2O)CC1. The van der Waals surface area contributed by atoms with E-state index in [9.17, 15) is 19.5 Å². The number of likely N-dealkylation sites (tertiary alicyclic amines) is 1. The maximum atomic E-state index is 12.5. The van der Waals surface area contributed by atoms with Gasteiger partial charge in [-0.15, -0.1) is 0 Å². The molecule has 3 rings (SSSR count). The lowest BCUT2D eigenvalue weighted by Crippen LogP contribution is -2.43. The van der Waals surface area contributed by atoms with E-state index in [1.54, 1.807) is 41.3 Å². The molecule has 1 saturated heterocycles. The Bertz CT molecular complexity index is 966. The smallest absolute Gasteiger partial charge is 0.260 e. The van der Waals surface area contributed by atoms with Crippen LogP contribution in [0, 0.1) is 5.92 Å². The first-order valence-electron chi connectivity index (χ1n) is 10.1. The molecule has 2 amide bonds. The summed E-state index contributed by atoms with van der Waals surface area (Å²) in [5.41, 5.74) is 0.879. The maximum absolute atomic E-state index is 12.5. The number of aromatic hydroxyl groups is 1. The van der Waals surface area contributed by atoms with E-state index in [1.807, 2.05) is 0 Å². The number of hydrogen-bond acceptors (Lipinski definition) is 6. The number of piperidine rings is 1. The predicted molar refractivity (Wildman–Crippen MR) is 115 cm³/mol. The van der Waals surface area contributed by atoms with E-state index in [0.29, 0.717) is 48.7 Å². The zero-order valence-electron chi connectivity index (χ0n) is 17.6. The van der Waals surface area contributed by atoms with Crippen LogP contribution < -0.4 is 14.8 Å². The van der Waals surface area contributed by atoms with Gasteiger partial charge in [-0.1, -0.05) is 12.1 Å². The van der Waals surface area contributed by atoms with Gasteiger partial charge in [-0.2, -0.15) is 0 Å². The van der Waals surface area contributed by atoms with Crippen molar-refractivity contribution in [3.63, 3.8) is 0 Å². The number of para-hydroxylation sites is 2. The van der Waals surface area contributed by atoms with Gasteiger partial charge >= 0.3 is 0 Å². The topological polar surface area (TPSA) is 105 Å². The van der Waals surface area contributed by atoms with Gasteiger partial charge in [0.25, 0.3) is 5.91 Å². The fraction of sp³-hybridized carbons (Fsp3) is 0.348. The van der Waals surface area contributed by atoms with Gasteiger partial charge in [-0.3, -0.25) is 14.4 Å². The normalized spacial score (nSPS) is 14.1. The van der Waals surface area contributed by atoms with Crippen molar-refractivity contribution < 1.29 is 29.0 Å². The van der Waals surface area contributed by atoms with Crippen molar-refractivity contribution >= 4 is 23.3 Å². The van der Waals surface area contributed by atoms with Gasteiger partial charge in [0.15, 0.2) is 23.9 Å². The molecule has 2 aromatic rings. The van der Waals surface area contributed by atoms with E-state index < -0.39 is 0 Å². The molecule has 2 aromatic carbocycles. The number of ketones is 1. The molecule has 1 aliphatic heterocycles. The number of rotatable bonds is 7. The Morgan fingerprint density at radius 3 is 2.45 bits per heavy atom. The summed E-state index contributed by atoms with van der Waals surface area (Å²) >= 11 is 0. The molecule has 0 saturated carbocycles. The monoisotopic (exact) mass is 426 g/mol. The molecule has 0 radical (unpaired) electrons. The van der Waals surface area contributed by atoms with Crippen molar-refractivity contribution in [2.75, 3.05) is 32.1 Å². The second-order valence-electron chi connectivity index (χ2n) is 7.37. The molecule has 1 heterocycles. The first kappa shape index (κ1) is 22.1. The molecular formula is C23H26N2O6. The van der Waals surface area contributed by atoms with Gasteiger partial charge in [0.2, 0.25) is 5.91 Å². The van der Waals surface area contributed by atoms with Crippen molar-refractivity contribution in [1.82, 2.24) is 4.90 Å². The van der Waals surface area contributed by atoms with E-state index in [0.717, 1.165) is 0 Å². The number of ether oxygens (including phenoxy) is 2. The van der Waals surface area contributed by atoms with E-state index >= 15 is 0 Å². The van der Waals surface area contributed by atoms with E-state index in [4.69, 9.17) is 9.47 Å². The highest BCUT2D eigenvalue weighted by Gasteiger charge is 2.28. The summed E-state index contributed by atoms with van der Waals surface area (Å²) in [5, 5.41) is 12.5. The van der Waals surface area contributed by atoms with Crippen LogP contribution >= 0.6 is 0 Å².